The van der Waals surface area contributed by atoms with Gasteiger partial charge in [-0.1, -0.05) is 17.7 Å². The molecule has 1 aliphatic heterocycles. The second-order valence-corrected chi connectivity index (χ2v) is 6.86. The van der Waals surface area contributed by atoms with Gasteiger partial charge < -0.3 is 15.2 Å². The lowest BCUT2D eigenvalue weighted by Gasteiger charge is -2.23. The summed E-state index contributed by atoms with van der Waals surface area (Å²) in [4.78, 5) is 25.5. The second kappa shape index (κ2) is 7.66. The van der Waals surface area contributed by atoms with Crippen LogP contribution in [0.1, 0.15) is 34.3 Å². The molecule has 2 aromatic rings. The molecule has 1 atom stereocenters. The minimum absolute atomic E-state index is 0.213. The van der Waals surface area contributed by atoms with Crippen LogP contribution in [0.2, 0.25) is 0 Å². The Hall–Kier alpha value is -2.40. The van der Waals surface area contributed by atoms with Gasteiger partial charge in [0.25, 0.3) is 11.5 Å². The van der Waals surface area contributed by atoms with Gasteiger partial charge in [0, 0.05) is 18.4 Å². The summed E-state index contributed by atoms with van der Waals surface area (Å²) < 4.78 is 1.68. The molecule has 132 valence electrons. The maximum absolute atomic E-state index is 12.8. The van der Waals surface area contributed by atoms with Gasteiger partial charge >= 0.3 is 0 Å². The van der Waals surface area contributed by atoms with Crippen molar-refractivity contribution < 1.29 is 4.79 Å². The number of rotatable bonds is 4. The van der Waals surface area contributed by atoms with E-state index in [0.29, 0.717) is 23.7 Å². The van der Waals surface area contributed by atoms with Gasteiger partial charge in [0.2, 0.25) is 0 Å². The molecule has 1 aromatic carbocycles. The molecule has 5 nitrogen and oxygen atoms in total. The summed E-state index contributed by atoms with van der Waals surface area (Å²) in [5, 5.41) is 6.20. The van der Waals surface area contributed by atoms with Crippen molar-refractivity contribution in [1.82, 2.24) is 9.88 Å². The molecule has 2 N–H and O–H groups in total. The maximum atomic E-state index is 12.8. The van der Waals surface area contributed by atoms with E-state index in [1.54, 1.807) is 17.7 Å². The molecular formula is C20H25N3O2. The Morgan fingerprint density at radius 3 is 2.68 bits per heavy atom. The highest BCUT2D eigenvalue weighted by atomic mass is 16.2. The number of nitrogens with one attached hydrogen (secondary N) is 2. The highest BCUT2D eigenvalue weighted by molar-refractivity contribution is 6.04. The molecule has 3 rings (SSSR count). The summed E-state index contributed by atoms with van der Waals surface area (Å²) in [5.41, 5.74) is 2.54. The van der Waals surface area contributed by atoms with Crippen molar-refractivity contribution in [2.45, 2.75) is 33.2 Å². The Balaban J connectivity index is 1.82. The number of benzene rings is 1. The molecule has 1 aliphatic rings. The van der Waals surface area contributed by atoms with E-state index in [4.69, 9.17) is 0 Å². The number of piperidine rings is 1. The van der Waals surface area contributed by atoms with Gasteiger partial charge in [-0.25, -0.2) is 0 Å². The first-order valence-electron chi connectivity index (χ1n) is 8.83. The van der Waals surface area contributed by atoms with Crippen LogP contribution in [-0.4, -0.2) is 23.6 Å². The van der Waals surface area contributed by atoms with Crippen molar-refractivity contribution in [3.63, 3.8) is 0 Å². The number of hydrogen-bond donors (Lipinski definition) is 2. The van der Waals surface area contributed by atoms with Gasteiger partial charge in [-0.2, -0.15) is 0 Å². The summed E-state index contributed by atoms with van der Waals surface area (Å²) in [7, 11) is 0. The summed E-state index contributed by atoms with van der Waals surface area (Å²) in [5.74, 6) is 0.0876. The fraction of sp³-hybridized carbons (Fsp3) is 0.400. The number of hydrogen-bond acceptors (Lipinski definition) is 3. The molecule has 0 bridgehead atoms. The summed E-state index contributed by atoms with van der Waals surface area (Å²) in [6.45, 7) is 6.41. The number of pyridine rings is 1. The Bertz CT molecular complexity index is 803. The van der Waals surface area contributed by atoms with E-state index in [1.807, 2.05) is 37.3 Å². The van der Waals surface area contributed by atoms with Gasteiger partial charge in [0.15, 0.2) is 0 Å². The number of anilines is 1. The van der Waals surface area contributed by atoms with Crippen molar-refractivity contribution in [2.75, 3.05) is 18.4 Å². The topological polar surface area (TPSA) is 63.1 Å². The third kappa shape index (κ3) is 4.17. The van der Waals surface area contributed by atoms with Gasteiger partial charge in [-0.05, 0) is 69.5 Å². The normalized spacial score (nSPS) is 17.3. The molecule has 1 amide bonds. The summed E-state index contributed by atoms with van der Waals surface area (Å²) in [6.07, 6.45) is 4.04. The third-order valence-corrected chi connectivity index (χ3v) is 4.76. The average molecular weight is 339 g/mol. The van der Waals surface area contributed by atoms with Crippen LogP contribution in [0, 0.1) is 19.8 Å². The molecule has 0 aliphatic carbocycles. The number of amides is 1. The average Bonchev–Trinajstić information content (AvgIpc) is 2.60. The van der Waals surface area contributed by atoms with Crippen LogP contribution in [-0.2, 0) is 6.54 Å². The minimum atomic E-state index is -0.345. The first kappa shape index (κ1) is 17.4. The SMILES string of the molecule is Cc1ccc(NC(=O)c2c(C)ccn(CC3CCCNC3)c2=O)cc1. The van der Waals surface area contributed by atoms with Crippen molar-refractivity contribution in [3.8, 4) is 0 Å². The zero-order valence-electron chi connectivity index (χ0n) is 14.8. The second-order valence-electron chi connectivity index (χ2n) is 6.86. The fourth-order valence-corrected chi connectivity index (χ4v) is 3.27. The fourth-order valence-electron chi connectivity index (χ4n) is 3.27. The van der Waals surface area contributed by atoms with Crippen molar-refractivity contribution in [2.24, 2.45) is 5.92 Å². The maximum Gasteiger partial charge on any atom is 0.263 e. The lowest BCUT2D eigenvalue weighted by atomic mass is 9.99. The van der Waals surface area contributed by atoms with E-state index in [0.717, 1.165) is 31.5 Å². The van der Waals surface area contributed by atoms with E-state index in [-0.39, 0.29) is 17.0 Å². The van der Waals surface area contributed by atoms with Crippen LogP contribution in [0.15, 0.2) is 41.3 Å². The number of carbonyl (C=O) groups is 1. The smallest absolute Gasteiger partial charge is 0.263 e. The van der Waals surface area contributed by atoms with Gasteiger partial charge in [-0.15, -0.1) is 0 Å². The Morgan fingerprint density at radius 2 is 2.00 bits per heavy atom. The minimum Gasteiger partial charge on any atom is -0.322 e. The van der Waals surface area contributed by atoms with Crippen LogP contribution in [0.5, 0.6) is 0 Å². The van der Waals surface area contributed by atoms with Crippen LogP contribution >= 0.6 is 0 Å². The molecule has 2 heterocycles. The van der Waals surface area contributed by atoms with E-state index in [1.165, 1.54) is 0 Å². The van der Waals surface area contributed by atoms with Gasteiger partial charge in [0.05, 0.1) is 0 Å². The van der Waals surface area contributed by atoms with Gasteiger partial charge in [0.1, 0.15) is 5.56 Å². The first-order chi connectivity index (χ1) is 12.0. The molecule has 25 heavy (non-hydrogen) atoms. The number of nitrogens with zero attached hydrogens (tertiary/aromatic N) is 1. The predicted octanol–water partition coefficient (Wildman–Crippen LogP) is 2.72. The van der Waals surface area contributed by atoms with E-state index < -0.39 is 0 Å². The highest BCUT2D eigenvalue weighted by Gasteiger charge is 2.19. The molecule has 1 aromatic heterocycles. The van der Waals surface area contributed by atoms with Crippen LogP contribution in [0.25, 0.3) is 0 Å². The van der Waals surface area contributed by atoms with E-state index in [2.05, 4.69) is 10.6 Å². The van der Waals surface area contributed by atoms with Gasteiger partial charge in [-0.3, -0.25) is 9.59 Å². The van der Waals surface area contributed by atoms with Crippen LogP contribution < -0.4 is 16.2 Å². The lowest BCUT2D eigenvalue weighted by molar-refractivity contribution is 0.102. The Morgan fingerprint density at radius 1 is 1.24 bits per heavy atom. The lowest BCUT2D eigenvalue weighted by Crippen LogP contribution is -2.36. The largest absolute Gasteiger partial charge is 0.322 e. The molecule has 1 saturated heterocycles. The van der Waals surface area contributed by atoms with E-state index in [9.17, 15) is 9.59 Å². The summed E-state index contributed by atoms with van der Waals surface area (Å²) >= 11 is 0. The Labute approximate surface area is 148 Å². The zero-order chi connectivity index (χ0) is 17.8. The summed E-state index contributed by atoms with van der Waals surface area (Å²) in [6, 6.07) is 9.40. The van der Waals surface area contributed by atoms with Crippen molar-refractivity contribution in [3.05, 3.63) is 63.6 Å². The molecule has 0 radical (unpaired) electrons. The Kier molecular flexibility index (Phi) is 5.34. The quantitative estimate of drug-likeness (QED) is 0.900. The molecule has 1 unspecified atom stereocenters. The number of carbonyl (C=O) groups excluding carboxylic acids is 1. The molecule has 0 saturated carbocycles. The number of aromatic nitrogens is 1. The third-order valence-electron chi connectivity index (χ3n) is 4.76. The molecule has 5 heteroatoms. The molecule has 1 fully saturated rings. The van der Waals surface area contributed by atoms with E-state index >= 15 is 0 Å². The van der Waals surface area contributed by atoms with Crippen LogP contribution in [0.4, 0.5) is 5.69 Å². The monoisotopic (exact) mass is 339 g/mol. The standard InChI is InChI=1S/C20H25N3O2/c1-14-5-7-17(8-6-14)22-19(24)18-15(2)9-11-23(20(18)25)13-16-4-3-10-21-12-16/h5-9,11,16,21H,3-4,10,12-13H2,1-2H3,(H,22,24). The first-order valence-corrected chi connectivity index (χ1v) is 8.83. The highest BCUT2D eigenvalue weighted by Crippen LogP contribution is 2.14. The van der Waals surface area contributed by atoms with Crippen molar-refractivity contribution in [1.29, 1.82) is 0 Å². The van der Waals surface area contributed by atoms with Crippen LogP contribution in [0.3, 0.4) is 0 Å². The predicted molar refractivity (Wildman–Crippen MR) is 100 cm³/mol. The van der Waals surface area contributed by atoms with Crippen molar-refractivity contribution >= 4 is 11.6 Å². The molecular weight excluding hydrogens is 314 g/mol. The zero-order valence-corrected chi connectivity index (χ0v) is 14.8. The number of aryl methyl sites for hydroxylation is 2. The molecule has 0 spiro atoms.